The molecule has 130 valence electrons. The van der Waals surface area contributed by atoms with Gasteiger partial charge in [0.1, 0.15) is 5.75 Å². The first-order valence-corrected chi connectivity index (χ1v) is 7.69. The molecule has 1 aromatic carbocycles. The largest absolute Gasteiger partial charge is 0.485 e. The maximum atomic E-state index is 12.5. The summed E-state index contributed by atoms with van der Waals surface area (Å²) >= 11 is 0. The molecule has 1 atom stereocenters. The van der Waals surface area contributed by atoms with Crippen LogP contribution in [0.3, 0.4) is 0 Å². The number of aryl methyl sites for hydroxylation is 1. The summed E-state index contributed by atoms with van der Waals surface area (Å²) in [6, 6.07) is 7.11. The summed E-state index contributed by atoms with van der Waals surface area (Å²) in [5.74, 6) is 1.73. The molecule has 24 heavy (non-hydrogen) atoms. The highest BCUT2D eigenvalue weighted by Crippen LogP contribution is 2.32. The molecular formula is C16H21ClN4O3. The molecule has 0 bridgehead atoms. The van der Waals surface area contributed by atoms with Crippen LogP contribution < -0.4 is 15.8 Å². The minimum absolute atomic E-state index is 0. The van der Waals surface area contributed by atoms with Crippen LogP contribution in [0, 0.1) is 12.8 Å². The zero-order chi connectivity index (χ0) is 16.2. The van der Waals surface area contributed by atoms with Gasteiger partial charge in [0.05, 0.1) is 5.56 Å². The van der Waals surface area contributed by atoms with Gasteiger partial charge in [-0.2, -0.15) is 4.98 Å². The molecule has 1 unspecified atom stereocenters. The molecule has 7 nitrogen and oxygen atoms in total. The number of carbonyl (C=O) groups is 1. The Labute approximate surface area is 146 Å². The summed E-state index contributed by atoms with van der Waals surface area (Å²) < 4.78 is 10.6. The highest BCUT2D eigenvalue weighted by atomic mass is 35.5. The van der Waals surface area contributed by atoms with Gasteiger partial charge >= 0.3 is 0 Å². The van der Waals surface area contributed by atoms with Crippen LogP contribution in [-0.2, 0) is 6.61 Å². The van der Waals surface area contributed by atoms with Crippen molar-refractivity contribution in [2.24, 2.45) is 11.7 Å². The van der Waals surface area contributed by atoms with E-state index < -0.39 is 0 Å². The van der Waals surface area contributed by atoms with Crippen LogP contribution >= 0.6 is 12.4 Å². The third-order valence-corrected chi connectivity index (χ3v) is 3.82. The minimum atomic E-state index is -0.174. The average molecular weight is 353 g/mol. The lowest BCUT2D eigenvalue weighted by Gasteiger charge is -2.17. The summed E-state index contributed by atoms with van der Waals surface area (Å²) in [7, 11) is 0. The Morgan fingerprint density at radius 3 is 2.83 bits per heavy atom. The lowest BCUT2D eigenvalue weighted by atomic mass is 10.1. The molecule has 1 aliphatic rings. The summed E-state index contributed by atoms with van der Waals surface area (Å²) in [6.45, 7) is 2.30. The SMILES string of the molecule is Cc1nc(COc2ccccc2C(=O)NC(CN)C2CC2)no1.Cl. The van der Waals surface area contributed by atoms with Gasteiger partial charge in [-0.15, -0.1) is 12.4 Å². The number of ether oxygens (including phenoxy) is 1. The van der Waals surface area contributed by atoms with E-state index in [2.05, 4.69) is 15.5 Å². The van der Waals surface area contributed by atoms with Crippen LogP contribution in [0.25, 0.3) is 0 Å². The van der Waals surface area contributed by atoms with E-state index in [-0.39, 0.29) is 31.0 Å². The number of carbonyl (C=O) groups excluding carboxylic acids is 1. The van der Waals surface area contributed by atoms with Crippen LogP contribution in [0.2, 0.25) is 0 Å². The lowest BCUT2D eigenvalue weighted by molar-refractivity contribution is 0.0928. The molecular weight excluding hydrogens is 332 g/mol. The predicted molar refractivity (Wildman–Crippen MR) is 90.1 cm³/mol. The fourth-order valence-corrected chi connectivity index (χ4v) is 2.44. The van der Waals surface area contributed by atoms with Crippen molar-refractivity contribution in [2.45, 2.75) is 32.4 Å². The van der Waals surface area contributed by atoms with Crippen LogP contribution in [0.4, 0.5) is 0 Å². The molecule has 1 aromatic heterocycles. The first-order chi connectivity index (χ1) is 11.2. The fourth-order valence-electron chi connectivity index (χ4n) is 2.44. The molecule has 1 saturated carbocycles. The molecule has 1 aliphatic carbocycles. The Hall–Kier alpha value is -2.12. The van der Waals surface area contributed by atoms with Crippen molar-refractivity contribution < 1.29 is 14.1 Å². The maximum absolute atomic E-state index is 12.5. The molecule has 0 aliphatic heterocycles. The third kappa shape index (κ3) is 4.46. The number of amides is 1. The normalized spacial score (nSPS) is 14.6. The number of aromatic nitrogens is 2. The second-order valence-electron chi connectivity index (χ2n) is 5.67. The van der Waals surface area contributed by atoms with E-state index in [0.717, 1.165) is 12.8 Å². The highest BCUT2D eigenvalue weighted by molar-refractivity contribution is 5.97. The molecule has 2 aromatic rings. The van der Waals surface area contributed by atoms with Crippen molar-refractivity contribution in [1.29, 1.82) is 0 Å². The number of nitrogens with one attached hydrogen (secondary N) is 1. The minimum Gasteiger partial charge on any atom is -0.485 e. The van der Waals surface area contributed by atoms with Gasteiger partial charge in [-0.3, -0.25) is 4.79 Å². The van der Waals surface area contributed by atoms with Crippen molar-refractivity contribution in [2.75, 3.05) is 6.54 Å². The number of nitrogens with two attached hydrogens (primary N) is 1. The van der Waals surface area contributed by atoms with E-state index >= 15 is 0 Å². The number of nitrogens with zero attached hydrogens (tertiary/aromatic N) is 2. The van der Waals surface area contributed by atoms with Crippen molar-refractivity contribution in [3.63, 3.8) is 0 Å². The molecule has 0 spiro atoms. The van der Waals surface area contributed by atoms with Crippen molar-refractivity contribution in [3.8, 4) is 5.75 Å². The topological polar surface area (TPSA) is 103 Å². The number of halogens is 1. The molecule has 1 heterocycles. The number of para-hydroxylation sites is 1. The zero-order valence-electron chi connectivity index (χ0n) is 13.4. The van der Waals surface area contributed by atoms with E-state index in [0.29, 0.717) is 35.5 Å². The lowest BCUT2D eigenvalue weighted by Crippen LogP contribution is -2.41. The van der Waals surface area contributed by atoms with Crippen molar-refractivity contribution in [3.05, 3.63) is 41.5 Å². The van der Waals surface area contributed by atoms with Crippen LogP contribution in [0.15, 0.2) is 28.8 Å². The van der Waals surface area contributed by atoms with Gasteiger partial charge in [-0.05, 0) is 30.9 Å². The number of hydrogen-bond donors (Lipinski definition) is 2. The van der Waals surface area contributed by atoms with E-state index in [1.807, 2.05) is 6.07 Å². The zero-order valence-corrected chi connectivity index (χ0v) is 14.2. The van der Waals surface area contributed by atoms with E-state index in [1.165, 1.54) is 0 Å². The van der Waals surface area contributed by atoms with E-state index in [1.54, 1.807) is 25.1 Å². The highest BCUT2D eigenvalue weighted by Gasteiger charge is 2.31. The third-order valence-electron chi connectivity index (χ3n) is 3.82. The van der Waals surface area contributed by atoms with Gasteiger partial charge in [-0.1, -0.05) is 17.3 Å². The summed E-state index contributed by atoms with van der Waals surface area (Å²) in [5.41, 5.74) is 6.22. The van der Waals surface area contributed by atoms with Crippen LogP contribution in [0.5, 0.6) is 5.75 Å². The average Bonchev–Trinajstić information content (AvgIpc) is 3.32. The Morgan fingerprint density at radius 1 is 1.46 bits per heavy atom. The van der Waals surface area contributed by atoms with E-state index in [9.17, 15) is 4.79 Å². The molecule has 1 fully saturated rings. The van der Waals surface area contributed by atoms with Gasteiger partial charge in [0, 0.05) is 19.5 Å². The Kier molecular flexibility index (Phi) is 6.16. The Balaban J connectivity index is 0.00000208. The standard InChI is InChI=1S/C16H20N4O3.ClH/c1-10-18-15(20-23-10)9-22-14-5-3-2-4-12(14)16(21)19-13(8-17)11-6-7-11;/h2-5,11,13H,6-9,17H2,1H3,(H,19,21);1H. The number of benzene rings is 1. The predicted octanol–water partition coefficient (Wildman–Crippen LogP) is 1.85. The van der Waals surface area contributed by atoms with Crippen molar-refractivity contribution in [1.82, 2.24) is 15.5 Å². The van der Waals surface area contributed by atoms with Gasteiger partial charge in [0.25, 0.3) is 5.91 Å². The van der Waals surface area contributed by atoms with E-state index in [4.69, 9.17) is 15.0 Å². The van der Waals surface area contributed by atoms with Crippen LogP contribution in [-0.4, -0.2) is 28.6 Å². The first-order valence-electron chi connectivity index (χ1n) is 7.69. The second-order valence-corrected chi connectivity index (χ2v) is 5.67. The molecule has 3 N–H and O–H groups in total. The monoisotopic (exact) mass is 352 g/mol. The number of hydrogen-bond acceptors (Lipinski definition) is 6. The molecule has 0 radical (unpaired) electrons. The number of rotatable bonds is 7. The van der Waals surface area contributed by atoms with Crippen molar-refractivity contribution >= 4 is 18.3 Å². The molecule has 1 amide bonds. The van der Waals surface area contributed by atoms with Gasteiger partial charge < -0.3 is 20.3 Å². The summed E-state index contributed by atoms with van der Waals surface area (Å²) in [6.07, 6.45) is 2.24. The molecule has 8 heteroatoms. The summed E-state index contributed by atoms with van der Waals surface area (Å²) in [5, 5.41) is 6.76. The van der Waals surface area contributed by atoms with Gasteiger partial charge in [0.2, 0.25) is 11.7 Å². The maximum Gasteiger partial charge on any atom is 0.255 e. The summed E-state index contributed by atoms with van der Waals surface area (Å²) in [4.78, 5) is 16.6. The quantitative estimate of drug-likeness (QED) is 0.788. The Bertz CT molecular complexity index is 687. The Morgan fingerprint density at radius 2 is 2.21 bits per heavy atom. The smallest absolute Gasteiger partial charge is 0.255 e. The molecule has 0 saturated heterocycles. The van der Waals surface area contributed by atoms with Crippen LogP contribution in [0.1, 0.15) is 34.9 Å². The fraction of sp³-hybridized carbons (Fsp3) is 0.438. The first kappa shape index (κ1) is 18.2. The second kappa shape index (κ2) is 8.12. The molecule has 3 rings (SSSR count). The van der Waals surface area contributed by atoms with Gasteiger partial charge in [0.15, 0.2) is 6.61 Å². The van der Waals surface area contributed by atoms with Gasteiger partial charge in [-0.25, -0.2) is 0 Å².